The smallest absolute Gasteiger partial charge is 0.326 e. The first-order valence-electron chi connectivity index (χ1n) is 10.3. The van der Waals surface area contributed by atoms with E-state index in [1.807, 2.05) is 37.3 Å². The number of furan rings is 1. The maximum Gasteiger partial charge on any atom is 0.326 e. The number of nitrogens with one attached hydrogen (secondary N) is 1. The summed E-state index contributed by atoms with van der Waals surface area (Å²) in [6.07, 6.45) is 3.36. The number of carbonyl (C=O) groups excluding carboxylic acids is 1. The lowest BCUT2D eigenvalue weighted by atomic mass is 9.96. The molecule has 1 aromatic heterocycles. The lowest BCUT2D eigenvalue weighted by molar-refractivity contribution is -0.141. The molecule has 0 fully saturated rings. The van der Waals surface area contributed by atoms with Gasteiger partial charge in [0.2, 0.25) is 5.91 Å². The van der Waals surface area contributed by atoms with E-state index in [1.54, 1.807) is 34.3 Å². The van der Waals surface area contributed by atoms with Crippen LogP contribution in [0.2, 0.25) is 0 Å². The van der Waals surface area contributed by atoms with Crippen molar-refractivity contribution < 1.29 is 28.6 Å². The Labute approximate surface area is 186 Å². The summed E-state index contributed by atoms with van der Waals surface area (Å²) in [4.78, 5) is 23.7. The van der Waals surface area contributed by atoms with Gasteiger partial charge in [0.05, 0.1) is 20.5 Å². The van der Waals surface area contributed by atoms with Crippen molar-refractivity contribution in [3.8, 4) is 22.6 Å². The van der Waals surface area contributed by atoms with E-state index in [-0.39, 0.29) is 0 Å². The van der Waals surface area contributed by atoms with Crippen molar-refractivity contribution in [3.63, 3.8) is 0 Å². The van der Waals surface area contributed by atoms with E-state index in [9.17, 15) is 14.7 Å². The number of aliphatic carboxylic acids is 1. The van der Waals surface area contributed by atoms with Gasteiger partial charge < -0.3 is 24.3 Å². The van der Waals surface area contributed by atoms with E-state index in [0.717, 1.165) is 27.8 Å². The van der Waals surface area contributed by atoms with Gasteiger partial charge in [0.25, 0.3) is 0 Å². The summed E-state index contributed by atoms with van der Waals surface area (Å²) in [5.41, 5.74) is 4.58. The predicted octanol–water partition coefficient (Wildman–Crippen LogP) is 4.81. The minimum Gasteiger partial charge on any atom is -0.496 e. The highest BCUT2D eigenvalue weighted by atomic mass is 16.5. The van der Waals surface area contributed by atoms with Crippen molar-refractivity contribution in [2.75, 3.05) is 14.2 Å². The van der Waals surface area contributed by atoms with Gasteiger partial charge in [-0.05, 0) is 38.0 Å². The zero-order chi connectivity index (χ0) is 23.4. The molecule has 32 heavy (non-hydrogen) atoms. The topological polar surface area (TPSA) is 98.0 Å². The molecule has 0 bridgehead atoms. The summed E-state index contributed by atoms with van der Waals surface area (Å²) in [5.74, 6) is -0.239. The van der Waals surface area contributed by atoms with Gasteiger partial charge in [-0.1, -0.05) is 25.1 Å². The third-order valence-electron chi connectivity index (χ3n) is 5.44. The van der Waals surface area contributed by atoms with Gasteiger partial charge in [0.1, 0.15) is 23.1 Å². The van der Waals surface area contributed by atoms with Crippen LogP contribution in [0.4, 0.5) is 0 Å². The Hall–Kier alpha value is -3.74. The summed E-state index contributed by atoms with van der Waals surface area (Å²) >= 11 is 0. The molecule has 3 rings (SSSR count). The fraction of sp³-hybridized carbons (Fsp3) is 0.280. The Bertz CT molecular complexity index is 1190. The second-order valence-electron chi connectivity index (χ2n) is 7.44. The normalized spacial score (nSPS) is 12.5. The van der Waals surface area contributed by atoms with Gasteiger partial charge >= 0.3 is 5.97 Å². The fourth-order valence-corrected chi connectivity index (χ4v) is 3.77. The fourth-order valence-electron chi connectivity index (χ4n) is 3.77. The van der Waals surface area contributed by atoms with Crippen molar-refractivity contribution in [3.05, 3.63) is 53.8 Å². The van der Waals surface area contributed by atoms with Gasteiger partial charge in [-0.15, -0.1) is 0 Å². The zero-order valence-corrected chi connectivity index (χ0v) is 18.8. The summed E-state index contributed by atoms with van der Waals surface area (Å²) < 4.78 is 17.0. The van der Waals surface area contributed by atoms with Gasteiger partial charge in [-0.25, -0.2) is 4.79 Å². The van der Waals surface area contributed by atoms with Crippen molar-refractivity contribution in [2.24, 2.45) is 0 Å². The van der Waals surface area contributed by atoms with E-state index in [4.69, 9.17) is 13.9 Å². The number of benzene rings is 2. The quantitative estimate of drug-likeness (QED) is 0.491. The Kier molecular flexibility index (Phi) is 6.88. The molecular weight excluding hydrogens is 410 g/mol. The Morgan fingerprint density at radius 3 is 2.53 bits per heavy atom. The lowest BCUT2D eigenvalue weighted by Gasteiger charge is -2.14. The van der Waals surface area contributed by atoms with Crippen LogP contribution in [0, 0.1) is 6.92 Å². The van der Waals surface area contributed by atoms with E-state index >= 15 is 0 Å². The van der Waals surface area contributed by atoms with Crippen LogP contribution in [0.3, 0.4) is 0 Å². The molecule has 7 heteroatoms. The molecular formula is C25H27NO6. The molecule has 0 radical (unpaired) electrons. The van der Waals surface area contributed by atoms with Crippen LogP contribution in [0.1, 0.15) is 31.4 Å². The number of allylic oxidation sites excluding steroid dienone is 1. The Balaban J connectivity index is 2.12. The molecule has 3 aromatic rings. The SMILES string of the molecule is CCC(NC(=O)/C=C(\C)c1cc2c(-c3ccccc3OC)coc2c(C)c1OC)C(=O)O. The van der Waals surface area contributed by atoms with Crippen LogP contribution >= 0.6 is 0 Å². The van der Waals surface area contributed by atoms with Crippen LogP contribution in [0.25, 0.3) is 27.7 Å². The highest BCUT2D eigenvalue weighted by Gasteiger charge is 2.21. The number of carboxylic acids is 1. The maximum absolute atomic E-state index is 12.4. The van der Waals surface area contributed by atoms with Gasteiger partial charge in [-0.3, -0.25) is 4.79 Å². The van der Waals surface area contributed by atoms with Crippen LogP contribution in [0.15, 0.2) is 47.1 Å². The largest absolute Gasteiger partial charge is 0.496 e. The van der Waals surface area contributed by atoms with E-state index < -0.39 is 17.9 Å². The first-order valence-corrected chi connectivity index (χ1v) is 10.3. The van der Waals surface area contributed by atoms with Crippen molar-refractivity contribution in [2.45, 2.75) is 33.2 Å². The average molecular weight is 437 g/mol. The molecule has 0 saturated carbocycles. The van der Waals surface area contributed by atoms with Crippen LogP contribution in [-0.4, -0.2) is 37.2 Å². The molecule has 2 N–H and O–H groups in total. The zero-order valence-electron chi connectivity index (χ0n) is 18.8. The first kappa shape index (κ1) is 22.9. The predicted molar refractivity (Wildman–Crippen MR) is 123 cm³/mol. The van der Waals surface area contributed by atoms with Gasteiger partial charge in [0, 0.05) is 33.7 Å². The molecule has 0 aliphatic heterocycles. The minimum atomic E-state index is -1.07. The molecule has 1 unspecified atom stereocenters. The lowest BCUT2D eigenvalue weighted by Crippen LogP contribution is -2.39. The van der Waals surface area contributed by atoms with E-state index in [0.29, 0.717) is 28.9 Å². The minimum absolute atomic E-state index is 0.291. The molecule has 1 heterocycles. The number of amides is 1. The molecule has 0 saturated heterocycles. The summed E-state index contributed by atoms with van der Waals surface area (Å²) in [6.45, 7) is 5.38. The second-order valence-corrected chi connectivity index (χ2v) is 7.44. The van der Waals surface area contributed by atoms with Crippen LogP contribution in [-0.2, 0) is 9.59 Å². The Morgan fingerprint density at radius 1 is 1.19 bits per heavy atom. The van der Waals surface area contributed by atoms with Crippen molar-refractivity contribution in [1.29, 1.82) is 0 Å². The summed E-state index contributed by atoms with van der Waals surface area (Å²) in [6, 6.07) is 8.64. The number of methoxy groups -OCH3 is 2. The molecule has 0 spiro atoms. The van der Waals surface area contributed by atoms with Crippen molar-refractivity contribution in [1.82, 2.24) is 5.32 Å². The molecule has 0 aliphatic carbocycles. The summed E-state index contributed by atoms with van der Waals surface area (Å²) in [7, 11) is 3.18. The number of aryl methyl sites for hydroxylation is 1. The third kappa shape index (κ3) is 4.32. The monoisotopic (exact) mass is 437 g/mol. The highest BCUT2D eigenvalue weighted by molar-refractivity contribution is 6.02. The number of rotatable bonds is 8. The average Bonchev–Trinajstić information content (AvgIpc) is 3.21. The molecule has 2 aromatic carbocycles. The molecule has 1 amide bonds. The number of carboxylic acid groups (broad SMARTS) is 1. The second kappa shape index (κ2) is 9.60. The highest BCUT2D eigenvalue weighted by Crippen LogP contribution is 2.42. The van der Waals surface area contributed by atoms with Gasteiger partial charge in [-0.2, -0.15) is 0 Å². The molecule has 7 nitrogen and oxygen atoms in total. The van der Waals surface area contributed by atoms with E-state index in [1.165, 1.54) is 6.08 Å². The van der Waals surface area contributed by atoms with Gasteiger partial charge in [0.15, 0.2) is 0 Å². The number of fused-ring (bicyclic) bond motifs is 1. The number of ether oxygens (including phenoxy) is 2. The standard InChI is InChI=1S/C25H27NO6/c1-6-20(25(28)29)26-22(27)11-14(2)17-12-18-19(16-9-7-8-10-21(16)30-4)13-32-24(18)15(3)23(17)31-5/h7-13,20H,6H2,1-5H3,(H,26,27)(H,28,29)/b14-11+. The number of hydrogen-bond donors (Lipinski definition) is 2. The molecule has 168 valence electrons. The summed E-state index contributed by atoms with van der Waals surface area (Å²) in [5, 5.41) is 12.6. The first-order chi connectivity index (χ1) is 15.3. The van der Waals surface area contributed by atoms with Crippen molar-refractivity contribution >= 4 is 28.4 Å². The maximum atomic E-state index is 12.4. The Morgan fingerprint density at radius 2 is 1.91 bits per heavy atom. The van der Waals surface area contributed by atoms with Crippen LogP contribution in [0.5, 0.6) is 11.5 Å². The molecule has 0 aliphatic rings. The number of hydrogen-bond acceptors (Lipinski definition) is 5. The van der Waals surface area contributed by atoms with Crippen LogP contribution < -0.4 is 14.8 Å². The van der Waals surface area contributed by atoms with E-state index in [2.05, 4.69) is 5.32 Å². The number of para-hydroxylation sites is 1. The third-order valence-corrected chi connectivity index (χ3v) is 5.44. The number of carbonyl (C=O) groups is 2. The molecule has 1 atom stereocenters.